The molecule has 2 aromatic rings. The van der Waals surface area contributed by atoms with E-state index in [4.69, 9.17) is 0 Å². The minimum Gasteiger partial charge on any atom is -0.361 e. The summed E-state index contributed by atoms with van der Waals surface area (Å²) in [5.41, 5.74) is 2.67. The average molecular weight is 256 g/mol. The molecule has 1 heterocycles. The Morgan fingerprint density at radius 2 is 2.16 bits per heavy atom. The van der Waals surface area contributed by atoms with Crippen molar-refractivity contribution in [2.75, 3.05) is 0 Å². The third kappa shape index (κ3) is 2.42. The quantitative estimate of drug-likeness (QED) is 0.847. The van der Waals surface area contributed by atoms with Crippen LogP contribution in [-0.2, 0) is 6.54 Å². The van der Waals surface area contributed by atoms with Crippen molar-refractivity contribution in [2.45, 2.75) is 45.7 Å². The van der Waals surface area contributed by atoms with Crippen molar-refractivity contribution in [2.24, 2.45) is 11.8 Å². The zero-order valence-corrected chi connectivity index (χ0v) is 11.9. The van der Waals surface area contributed by atoms with Gasteiger partial charge in [-0.3, -0.25) is 0 Å². The fourth-order valence-electron chi connectivity index (χ4n) is 3.65. The van der Waals surface area contributed by atoms with Gasteiger partial charge in [-0.1, -0.05) is 38.5 Å². The Kier molecular flexibility index (Phi) is 3.61. The maximum atomic E-state index is 3.77. The van der Waals surface area contributed by atoms with Crippen molar-refractivity contribution in [1.82, 2.24) is 10.3 Å². The number of rotatable bonds is 4. The largest absolute Gasteiger partial charge is 0.361 e. The van der Waals surface area contributed by atoms with E-state index in [1.54, 1.807) is 0 Å². The molecule has 1 aromatic carbocycles. The highest BCUT2D eigenvalue weighted by molar-refractivity contribution is 5.82. The van der Waals surface area contributed by atoms with Gasteiger partial charge in [-0.25, -0.2) is 0 Å². The fourth-order valence-corrected chi connectivity index (χ4v) is 3.65. The van der Waals surface area contributed by atoms with E-state index in [1.165, 1.54) is 35.7 Å². The van der Waals surface area contributed by atoms with Crippen molar-refractivity contribution >= 4 is 10.9 Å². The van der Waals surface area contributed by atoms with E-state index in [1.807, 2.05) is 6.20 Å². The van der Waals surface area contributed by atoms with E-state index in [0.29, 0.717) is 6.04 Å². The predicted molar refractivity (Wildman–Crippen MR) is 81.1 cm³/mol. The second kappa shape index (κ2) is 5.38. The molecule has 0 radical (unpaired) electrons. The van der Waals surface area contributed by atoms with E-state index in [2.05, 4.69) is 48.4 Å². The molecule has 2 N–H and O–H groups in total. The number of aromatic amines is 1. The van der Waals surface area contributed by atoms with E-state index in [9.17, 15) is 0 Å². The number of H-pyrrole nitrogens is 1. The summed E-state index contributed by atoms with van der Waals surface area (Å²) in [4.78, 5) is 3.35. The average Bonchev–Trinajstić information content (AvgIpc) is 3.03. The topological polar surface area (TPSA) is 27.8 Å². The molecule has 102 valence electrons. The number of fused-ring (bicyclic) bond motifs is 1. The van der Waals surface area contributed by atoms with Gasteiger partial charge in [0.05, 0.1) is 0 Å². The number of aromatic nitrogens is 1. The summed E-state index contributed by atoms with van der Waals surface area (Å²) >= 11 is 0. The van der Waals surface area contributed by atoms with Crippen LogP contribution in [0.1, 0.15) is 38.7 Å². The summed E-state index contributed by atoms with van der Waals surface area (Å²) in [6.45, 7) is 5.71. The van der Waals surface area contributed by atoms with Crippen LogP contribution in [0.4, 0.5) is 0 Å². The smallest absolute Gasteiger partial charge is 0.0499 e. The summed E-state index contributed by atoms with van der Waals surface area (Å²) in [5.74, 6) is 1.73. The molecule has 1 aromatic heterocycles. The van der Waals surface area contributed by atoms with Gasteiger partial charge in [0.1, 0.15) is 0 Å². The van der Waals surface area contributed by atoms with Gasteiger partial charge in [-0.15, -0.1) is 0 Å². The molecule has 1 aliphatic carbocycles. The van der Waals surface area contributed by atoms with Crippen molar-refractivity contribution in [3.63, 3.8) is 0 Å². The minimum atomic E-state index is 0.690. The van der Waals surface area contributed by atoms with Crippen LogP contribution in [0.3, 0.4) is 0 Å². The highest BCUT2D eigenvalue weighted by Gasteiger charge is 2.30. The van der Waals surface area contributed by atoms with Crippen LogP contribution in [0.5, 0.6) is 0 Å². The lowest BCUT2D eigenvalue weighted by atomic mass is 9.93. The normalized spacial score (nSPS) is 27.2. The molecule has 1 saturated carbocycles. The summed E-state index contributed by atoms with van der Waals surface area (Å²) in [7, 11) is 0. The van der Waals surface area contributed by atoms with Crippen molar-refractivity contribution in [3.05, 3.63) is 36.0 Å². The molecule has 19 heavy (non-hydrogen) atoms. The zero-order chi connectivity index (χ0) is 13.2. The van der Waals surface area contributed by atoms with E-state index >= 15 is 0 Å². The van der Waals surface area contributed by atoms with Crippen LogP contribution in [0.2, 0.25) is 0 Å². The van der Waals surface area contributed by atoms with Crippen LogP contribution in [0.25, 0.3) is 10.9 Å². The Morgan fingerprint density at radius 1 is 1.26 bits per heavy atom. The monoisotopic (exact) mass is 256 g/mol. The Bertz CT molecular complexity index is 543. The summed E-state index contributed by atoms with van der Waals surface area (Å²) in [6, 6.07) is 9.38. The third-order valence-electron chi connectivity index (χ3n) is 4.98. The molecule has 3 unspecified atom stereocenters. The molecule has 2 nitrogen and oxygen atoms in total. The SMILES string of the molecule is CCC1CCC(NCc2cccc3cc[nH]c23)C1C. The summed E-state index contributed by atoms with van der Waals surface area (Å²) < 4.78 is 0. The molecular weight excluding hydrogens is 232 g/mol. The molecule has 0 amide bonds. The lowest BCUT2D eigenvalue weighted by Crippen LogP contribution is -2.32. The first kappa shape index (κ1) is 12.7. The number of benzene rings is 1. The van der Waals surface area contributed by atoms with Crippen LogP contribution in [0.15, 0.2) is 30.5 Å². The molecule has 3 atom stereocenters. The molecule has 0 aliphatic heterocycles. The van der Waals surface area contributed by atoms with Gasteiger partial charge in [0, 0.05) is 24.3 Å². The molecule has 0 bridgehead atoms. The first-order valence-electron chi connectivity index (χ1n) is 7.58. The second-order valence-electron chi connectivity index (χ2n) is 5.95. The Labute approximate surface area is 115 Å². The van der Waals surface area contributed by atoms with Crippen molar-refractivity contribution in [3.8, 4) is 0 Å². The van der Waals surface area contributed by atoms with Gasteiger partial charge in [0.2, 0.25) is 0 Å². The highest BCUT2D eigenvalue weighted by Crippen LogP contribution is 2.34. The first-order chi connectivity index (χ1) is 9.29. The first-order valence-corrected chi connectivity index (χ1v) is 7.58. The van der Waals surface area contributed by atoms with Crippen molar-refractivity contribution in [1.29, 1.82) is 0 Å². The van der Waals surface area contributed by atoms with E-state index in [0.717, 1.165) is 18.4 Å². The maximum absolute atomic E-state index is 3.77. The Morgan fingerprint density at radius 3 is 2.95 bits per heavy atom. The van der Waals surface area contributed by atoms with E-state index < -0.39 is 0 Å². The lowest BCUT2D eigenvalue weighted by molar-refractivity contribution is 0.344. The number of hydrogen-bond acceptors (Lipinski definition) is 1. The zero-order valence-electron chi connectivity index (χ0n) is 11.9. The lowest BCUT2D eigenvalue weighted by Gasteiger charge is -2.21. The standard InChI is InChI=1S/C17H24N2/c1-3-13-7-8-16(12(13)2)19-11-15-6-4-5-14-9-10-18-17(14)15/h4-6,9-10,12-13,16,18-19H,3,7-8,11H2,1-2H3. The van der Waals surface area contributed by atoms with Gasteiger partial charge in [-0.05, 0) is 41.7 Å². The number of nitrogens with one attached hydrogen (secondary N) is 2. The molecular formula is C17H24N2. The second-order valence-corrected chi connectivity index (χ2v) is 5.95. The fraction of sp³-hybridized carbons (Fsp3) is 0.529. The van der Waals surface area contributed by atoms with Gasteiger partial charge in [0.25, 0.3) is 0 Å². The summed E-state index contributed by atoms with van der Waals surface area (Å²) in [5, 5.41) is 5.08. The van der Waals surface area contributed by atoms with Crippen LogP contribution < -0.4 is 5.32 Å². The molecule has 1 aliphatic rings. The highest BCUT2D eigenvalue weighted by atomic mass is 14.9. The third-order valence-corrected chi connectivity index (χ3v) is 4.98. The van der Waals surface area contributed by atoms with Gasteiger partial charge in [-0.2, -0.15) is 0 Å². The molecule has 1 fully saturated rings. The summed E-state index contributed by atoms with van der Waals surface area (Å²) in [6.07, 6.45) is 6.08. The number of hydrogen-bond donors (Lipinski definition) is 2. The van der Waals surface area contributed by atoms with Gasteiger partial charge in [0.15, 0.2) is 0 Å². The minimum absolute atomic E-state index is 0.690. The van der Waals surface area contributed by atoms with E-state index in [-0.39, 0.29) is 0 Å². The van der Waals surface area contributed by atoms with Crippen molar-refractivity contribution < 1.29 is 0 Å². The Balaban J connectivity index is 1.68. The Hall–Kier alpha value is -1.28. The van der Waals surface area contributed by atoms with Crippen LogP contribution >= 0.6 is 0 Å². The predicted octanol–water partition coefficient (Wildman–Crippen LogP) is 4.08. The molecule has 2 heteroatoms. The molecule has 0 saturated heterocycles. The van der Waals surface area contributed by atoms with Crippen LogP contribution in [0, 0.1) is 11.8 Å². The van der Waals surface area contributed by atoms with Gasteiger partial charge < -0.3 is 10.3 Å². The molecule has 3 rings (SSSR count). The molecule has 0 spiro atoms. The van der Waals surface area contributed by atoms with Crippen LogP contribution in [-0.4, -0.2) is 11.0 Å². The number of para-hydroxylation sites is 1. The van der Waals surface area contributed by atoms with Gasteiger partial charge >= 0.3 is 0 Å². The maximum Gasteiger partial charge on any atom is 0.0499 e.